The van der Waals surface area contributed by atoms with E-state index in [2.05, 4.69) is 0 Å². The zero-order valence-corrected chi connectivity index (χ0v) is 15.2. The molecule has 134 valence electrons. The van der Waals surface area contributed by atoms with Gasteiger partial charge >= 0.3 is 0 Å². The molecule has 0 bridgehead atoms. The van der Waals surface area contributed by atoms with Crippen LogP contribution in [0.5, 0.6) is 0 Å². The van der Waals surface area contributed by atoms with Gasteiger partial charge in [-0.2, -0.15) is 0 Å². The highest BCUT2D eigenvalue weighted by Gasteiger charge is 2.42. The van der Waals surface area contributed by atoms with Gasteiger partial charge in [0.15, 0.2) is 0 Å². The third-order valence-corrected chi connectivity index (χ3v) is 5.64. The number of rotatable bonds is 4. The minimum atomic E-state index is -0.683. The molecule has 1 unspecified atom stereocenters. The second-order valence-electron chi connectivity index (χ2n) is 7.69. The van der Waals surface area contributed by atoms with E-state index in [0.29, 0.717) is 32.5 Å². The van der Waals surface area contributed by atoms with Crippen molar-refractivity contribution in [2.24, 2.45) is 5.41 Å². The van der Waals surface area contributed by atoms with Crippen LogP contribution in [0.1, 0.15) is 51.2 Å². The number of hydrogen-bond acceptors (Lipinski definition) is 3. The lowest BCUT2D eigenvalue weighted by Crippen LogP contribution is -2.50. The summed E-state index contributed by atoms with van der Waals surface area (Å²) in [5.41, 5.74) is 1.64. The summed E-state index contributed by atoms with van der Waals surface area (Å²) in [6.45, 7) is 7.14. The van der Waals surface area contributed by atoms with Gasteiger partial charge < -0.3 is 9.80 Å². The minimum Gasteiger partial charge on any atom is -0.332 e. The molecule has 2 heterocycles. The molecule has 0 aromatic heterocycles. The Morgan fingerprint density at radius 2 is 1.72 bits per heavy atom. The molecular formula is C20H26N2O3. The molecule has 1 saturated heterocycles. The van der Waals surface area contributed by atoms with Crippen LogP contribution in [0.15, 0.2) is 24.3 Å². The lowest BCUT2D eigenvalue weighted by atomic mass is 9.84. The van der Waals surface area contributed by atoms with Gasteiger partial charge in [0.05, 0.1) is 0 Å². The first kappa shape index (κ1) is 17.6. The summed E-state index contributed by atoms with van der Waals surface area (Å²) in [7, 11) is 0. The van der Waals surface area contributed by atoms with Gasteiger partial charge in [-0.25, -0.2) is 0 Å². The number of carbonyl (C=O) groups excluding carboxylic acids is 3. The van der Waals surface area contributed by atoms with E-state index in [9.17, 15) is 14.4 Å². The monoisotopic (exact) mass is 342 g/mol. The second-order valence-corrected chi connectivity index (χ2v) is 7.69. The smallest absolute Gasteiger partial charge is 0.291 e. The predicted octanol–water partition coefficient (Wildman–Crippen LogP) is 2.53. The van der Waals surface area contributed by atoms with Crippen LogP contribution in [0.3, 0.4) is 0 Å². The van der Waals surface area contributed by atoms with Crippen LogP contribution >= 0.6 is 0 Å². The van der Waals surface area contributed by atoms with Crippen molar-refractivity contribution in [2.45, 2.75) is 59.2 Å². The quantitative estimate of drug-likeness (QED) is 0.790. The maximum absolute atomic E-state index is 13.0. The number of carbonyl (C=O) groups is 3. The average molecular weight is 342 g/mol. The third-order valence-electron chi connectivity index (χ3n) is 5.64. The zero-order chi connectivity index (χ0) is 18.2. The number of Topliss-reactive ketones (excluding diaryl/α,β-unsaturated/α-hetero) is 1. The summed E-state index contributed by atoms with van der Waals surface area (Å²) in [6.07, 6.45) is 2.01. The molecule has 0 saturated carbocycles. The Kier molecular flexibility index (Phi) is 4.67. The van der Waals surface area contributed by atoms with Crippen LogP contribution in [0.25, 0.3) is 0 Å². The van der Waals surface area contributed by atoms with Gasteiger partial charge in [0, 0.05) is 25.0 Å². The number of ketones is 1. The molecule has 1 aromatic rings. The van der Waals surface area contributed by atoms with E-state index in [4.69, 9.17) is 0 Å². The fraction of sp³-hybridized carbons (Fsp3) is 0.550. The minimum absolute atomic E-state index is 0.0378. The highest BCUT2D eigenvalue weighted by molar-refractivity contribution is 6.38. The van der Waals surface area contributed by atoms with Crippen LogP contribution in [-0.2, 0) is 27.5 Å². The molecule has 2 aliphatic heterocycles. The number of benzene rings is 1. The number of nitrogens with zero attached hydrogens (tertiary/aromatic N) is 2. The molecule has 25 heavy (non-hydrogen) atoms. The van der Waals surface area contributed by atoms with Gasteiger partial charge in [0.25, 0.3) is 5.91 Å². The van der Waals surface area contributed by atoms with Crippen molar-refractivity contribution >= 4 is 17.6 Å². The molecule has 5 nitrogen and oxygen atoms in total. The molecule has 1 atom stereocenters. The molecule has 3 rings (SSSR count). The Labute approximate surface area is 149 Å². The van der Waals surface area contributed by atoms with E-state index in [0.717, 1.165) is 17.5 Å². The van der Waals surface area contributed by atoms with Crippen molar-refractivity contribution in [2.75, 3.05) is 6.54 Å². The van der Waals surface area contributed by atoms with E-state index < -0.39 is 17.4 Å². The molecule has 1 fully saturated rings. The molecule has 1 aromatic carbocycles. The van der Waals surface area contributed by atoms with Crippen LogP contribution in [0.2, 0.25) is 0 Å². The van der Waals surface area contributed by atoms with E-state index >= 15 is 0 Å². The number of amides is 2. The Balaban J connectivity index is 1.73. The van der Waals surface area contributed by atoms with Crippen molar-refractivity contribution in [3.05, 3.63) is 35.4 Å². The lowest BCUT2D eigenvalue weighted by molar-refractivity contribution is -0.153. The number of hydrogen-bond donors (Lipinski definition) is 0. The van der Waals surface area contributed by atoms with Crippen LogP contribution in [0.4, 0.5) is 0 Å². The highest BCUT2D eigenvalue weighted by atomic mass is 16.2. The van der Waals surface area contributed by atoms with Crippen molar-refractivity contribution < 1.29 is 14.4 Å². The number of likely N-dealkylation sites (tertiary alicyclic amines) is 1. The topological polar surface area (TPSA) is 57.7 Å². The second kappa shape index (κ2) is 6.62. The van der Waals surface area contributed by atoms with Crippen LogP contribution in [-0.4, -0.2) is 40.0 Å². The largest absolute Gasteiger partial charge is 0.332 e. The Bertz CT molecular complexity index is 686. The Hall–Kier alpha value is -2.17. The molecular weight excluding hydrogens is 316 g/mol. The van der Waals surface area contributed by atoms with Crippen LogP contribution < -0.4 is 0 Å². The molecule has 0 radical (unpaired) electrons. The number of fused-ring (bicyclic) bond motifs is 1. The van der Waals surface area contributed by atoms with Crippen LogP contribution in [0, 0.1) is 5.41 Å². The maximum atomic E-state index is 13.0. The van der Waals surface area contributed by atoms with Gasteiger partial charge in [-0.1, -0.05) is 45.0 Å². The molecule has 0 spiro atoms. The summed E-state index contributed by atoms with van der Waals surface area (Å²) in [6, 6.07) is 7.52. The van der Waals surface area contributed by atoms with Gasteiger partial charge in [-0.3, -0.25) is 14.4 Å². The first-order valence-electron chi connectivity index (χ1n) is 9.06. The average Bonchev–Trinajstić information content (AvgIpc) is 3.26. The van der Waals surface area contributed by atoms with E-state index in [-0.39, 0.29) is 11.7 Å². The van der Waals surface area contributed by atoms with Crippen molar-refractivity contribution in [3.8, 4) is 0 Å². The standard InChI is InChI=1S/C20H26N2O3/c1-4-20(2,3)17(23)19(25)22-11-7-10-16(22)18(24)21-12-14-8-5-6-9-15(14)13-21/h5-6,8-9,16H,4,7,10-13H2,1-3H3. The van der Waals surface area contributed by atoms with Gasteiger partial charge in [-0.15, -0.1) is 0 Å². The Morgan fingerprint density at radius 1 is 1.12 bits per heavy atom. The van der Waals surface area contributed by atoms with Crippen molar-refractivity contribution in [1.29, 1.82) is 0 Å². The molecule has 2 amide bonds. The van der Waals surface area contributed by atoms with Crippen molar-refractivity contribution in [3.63, 3.8) is 0 Å². The SMILES string of the molecule is CCC(C)(C)C(=O)C(=O)N1CCCC1C(=O)N1Cc2ccccc2C1. The molecule has 5 heteroatoms. The first-order chi connectivity index (χ1) is 11.8. The zero-order valence-electron chi connectivity index (χ0n) is 15.2. The Morgan fingerprint density at radius 3 is 2.28 bits per heavy atom. The van der Waals surface area contributed by atoms with Gasteiger partial charge in [0.2, 0.25) is 11.7 Å². The summed E-state index contributed by atoms with van der Waals surface area (Å²) < 4.78 is 0. The highest BCUT2D eigenvalue weighted by Crippen LogP contribution is 2.29. The summed E-state index contributed by atoms with van der Waals surface area (Å²) >= 11 is 0. The summed E-state index contributed by atoms with van der Waals surface area (Å²) in [5.74, 6) is -0.928. The fourth-order valence-electron chi connectivity index (χ4n) is 3.55. The van der Waals surface area contributed by atoms with E-state index in [1.54, 1.807) is 18.7 Å². The predicted molar refractivity (Wildman–Crippen MR) is 94.5 cm³/mol. The van der Waals surface area contributed by atoms with Gasteiger partial charge in [-0.05, 0) is 30.4 Å². The van der Waals surface area contributed by atoms with Crippen molar-refractivity contribution in [1.82, 2.24) is 9.80 Å². The van der Waals surface area contributed by atoms with E-state index in [1.165, 1.54) is 4.90 Å². The third kappa shape index (κ3) is 3.20. The molecule has 0 N–H and O–H groups in total. The first-order valence-corrected chi connectivity index (χ1v) is 9.06. The molecule has 2 aliphatic rings. The molecule has 0 aliphatic carbocycles. The lowest BCUT2D eigenvalue weighted by Gasteiger charge is -2.30. The normalized spacial score (nSPS) is 19.9. The van der Waals surface area contributed by atoms with E-state index in [1.807, 2.05) is 31.2 Å². The maximum Gasteiger partial charge on any atom is 0.291 e. The summed E-state index contributed by atoms with van der Waals surface area (Å²) in [5, 5.41) is 0. The van der Waals surface area contributed by atoms with Gasteiger partial charge in [0.1, 0.15) is 6.04 Å². The fourth-order valence-corrected chi connectivity index (χ4v) is 3.55. The summed E-state index contributed by atoms with van der Waals surface area (Å²) in [4.78, 5) is 41.5.